The molecule has 9 heteroatoms. The van der Waals surface area contributed by atoms with Gasteiger partial charge in [-0.05, 0) is 38.0 Å². The second-order valence-electron chi connectivity index (χ2n) is 6.60. The third kappa shape index (κ3) is 4.24. The van der Waals surface area contributed by atoms with E-state index in [1.165, 1.54) is 13.8 Å². The lowest BCUT2D eigenvalue weighted by Gasteiger charge is -2.13. The number of benzene rings is 1. The molecule has 1 atom stereocenters. The van der Waals surface area contributed by atoms with Gasteiger partial charge in [0.2, 0.25) is 5.91 Å². The summed E-state index contributed by atoms with van der Waals surface area (Å²) in [6.45, 7) is 5.51. The molecule has 0 radical (unpaired) electrons. The van der Waals surface area contributed by atoms with E-state index in [4.69, 9.17) is 0 Å². The Morgan fingerprint density at radius 2 is 1.89 bits per heavy atom. The Hall–Kier alpha value is -3.10. The number of amides is 1. The van der Waals surface area contributed by atoms with Crippen molar-refractivity contribution >= 4 is 11.7 Å². The van der Waals surface area contributed by atoms with E-state index in [1.54, 1.807) is 16.9 Å². The molecule has 0 aliphatic rings. The van der Waals surface area contributed by atoms with Crippen molar-refractivity contribution in [3.8, 4) is 0 Å². The molecule has 0 saturated heterocycles. The monoisotopic (exact) mass is 391 g/mol. The average Bonchev–Trinajstić information content (AvgIpc) is 3.22. The first-order valence-electron chi connectivity index (χ1n) is 8.67. The minimum Gasteiger partial charge on any atom is -0.307 e. The number of nitrogens with zero attached hydrogens (tertiary/aromatic N) is 4. The molecule has 2 heterocycles. The van der Waals surface area contributed by atoms with Crippen LogP contribution in [0.1, 0.15) is 35.5 Å². The van der Waals surface area contributed by atoms with Crippen molar-refractivity contribution in [1.82, 2.24) is 19.6 Å². The van der Waals surface area contributed by atoms with Gasteiger partial charge in [-0.2, -0.15) is 23.4 Å². The summed E-state index contributed by atoms with van der Waals surface area (Å²) < 4.78 is 41.2. The number of aryl methyl sites for hydroxylation is 2. The van der Waals surface area contributed by atoms with Gasteiger partial charge in [-0.15, -0.1) is 0 Å². The molecule has 1 amide bonds. The molecule has 1 N–H and O–H groups in total. The predicted octanol–water partition coefficient (Wildman–Crippen LogP) is 3.96. The van der Waals surface area contributed by atoms with Crippen molar-refractivity contribution in [1.29, 1.82) is 0 Å². The highest BCUT2D eigenvalue weighted by atomic mass is 19.4. The zero-order chi connectivity index (χ0) is 20.5. The number of alkyl halides is 3. The Kier molecular flexibility index (Phi) is 5.26. The Balaban J connectivity index is 1.69. The molecular weight excluding hydrogens is 371 g/mol. The van der Waals surface area contributed by atoms with Gasteiger partial charge in [-0.3, -0.25) is 14.2 Å². The molecule has 0 fully saturated rings. The summed E-state index contributed by atoms with van der Waals surface area (Å²) >= 11 is 0. The van der Waals surface area contributed by atoms with Gasteiger partial charge >= 0.3 is 6.18 Å². The second-order valence-corrected chi connectivity index (χ2v) is 6.60. The minimum absolute atomic E-state index is 0.250. The molecule has 148 valence electrons. The second kappa shape index (κ2) is 7.49. The SMILES string of the molecule is Cc1ccccc1Cn1ccc(NC(=O)C(C)n2nc(C(F)(F)F)cc2C)n1. The number of hydrogen-bond donors (Lipinski definition) is 1. The Labute approximate surface area is 160 Å². The van der Waals surface area contributed by atoms with E-state index in [1.807, 2.05) is 31.2 Å². The third-order valence-electron chi connectivity index (χ3n) is 4.44. The van der Waals surface area contributed by atoms with E-state index in [0.29, 0.717) is 12.4 Å². The smallest absolute Gasteiger partial charge is 0.307 e. The molecular formula is C19H20F3N5O. The Morgan fingerprint density at radius 3 is 2.54 bits per heavy atom. The maximum Gasteiger partial charge on any atom is 0.435 e. The summed E-state index contributed by atoms with van der Waals surface area (Å²) in [7, 11) is 0. The molecule has 0 saturated carbocycles. The van der Waals surface area contributed by atoms with Crippen LogP contribution in [-0.4, -0.2) is 25.5 Å². The maximum absolute atomic E-state index is 12.8. The summed E-state index contributed by atoms with van der Waals surface area (Å²) in [4.78, 5) is 12.4. The predicted molar refractivity (Wildman–Crippen MR) is 97.8 cm³/mol. The van der Waals surface area contributed by atoms with Crippen molar-refractivity contribution in [3.05, 3.63) is 65.1 Å². The fourth-order valence-corrected chi connectivity index (χ4v) is 2.84. The highest BCUT2D eigenvalue weighted by Gasteiger charge is 2.35. The minimum atomic E-state index is -4.56. The van der Waals surface area contributed by atoms with E-state index >= 15 is 0 Å². The molecule has 6 nitrogen and oxygen atoms in total. The van der Waals surface area contributed by atoms with Gasteiger partial charge in [0.15, 0.2) is 11.5 Å². The van der Waals surface area contributed by atoms with Crippen molar-refractivity contribution in [2.45, 2.75) is 39.5 Å². The number of carbonyl (C=O) groups is 1. The highest BCUT2D eigenvalue weighted by Crippen LogP contribution is 2.29. The number of nitrogens with one attached hydrogen (secondary N) is 1. The lowest BCUT2D eigenvalue weighted by molar-refractivity contribution is -0.141. The molecule has 1 unspecified atom stereocenters. The van der Waals surface area contributed by atoms with Gasteiger partial charge < -0.3 is 5.32 Å². The summed E-state index contributed by atoms with van der Waals surface area (Å²) in [6, 6.07) is 9.54. The number of carbonyl (C=O) groups excluding carboxylic acids is 1. The van der Waals surface area contributed by atoms with Crippen molar-refractivity contribution < 1.29 is 18.0 Å². The maximum atomic E-state index is 12.8. The van der Waals surface area contributed by atoms with Crippen LogP contribution in [0.4, 0.5) is 19.0 Å². The van der Waals surface area contributed by atoms with E-state index in [2.05, 4.69) is 15.5 Å². The van der Waals surface area contributed by atoms with Gasteiger partial charge in [-0.1, -0.05) is 24.3 Å². The van der Waals surface area contributed by atoms with Gasteiger partial charge in [0.05, 0.1) is 6.54 Å². The molecule has 3 rings (SSSR count). The Bertz CT molecular complexity index is 990. The topological polar surface area (TPSA) is 64.7 Å². The number of halogens is 3. The van der Waals surface area contributed by atoms with Crippen LogP contribution in [0.3, 0.4) is 0 Å². The standard InChI is InChI=1S/C19H20F3N5O/c1-12-6-4-5-7-15(12)11-26-9-8-17(25-26)23-18(28)14(3)27-13(2)10-16(24-27)19(20,21)22/h4-10,14H,11H2,1-3H3,(H,23,25,28). The first-order valence-corrected chi connectivity index (χ1v) is 8.67. The molecule has 3 aromatic rings. The summed E-state index contributed by atoms with van der Waals surface area (Å²) in [5, 5.41) is 10.4. The van der Waals surface area contributed by atoms with Crippen LogP contribution < -0.4 is 5.32 Å². The normalized spacial score (nSPS) is 12.8. The van der Waals surface area contributed by atoms with Crippen LogP contribution in [0.15, 0.2) is 42.6 Å². The fraction of sp³-hybridized carbons (Fsp3) is 0.316. The molecule has 2 aromatic heterocycles. The van der Waals surface area contributed by atoms with Crippen LogP contribution in [0.2, 0.25) is 0 Å². The summed E-state index contributed by atoms with van der Waals surface area (Å²) in [5.74, 6) is -0.174. The zero-order valence-electron chi connectivity index (χ0n) is 15.7. The Morgan fingerprint density at radius 1 is 1.18 bits per heavy atom. The summed E-state index contributed by atoms with van der Waals surface area (Å²) in [6.07, 6.45) is -2.83. The van der Waals surface area contributed by atoms with Crippen LogP contribution in [0.25, 0.3) is 0 Å². The lowest BCUT2D eigenvalue weighted by Crippen LogP contribution is -2.26. The number of hydrogen-bond acceptors (Lipinski definition) is 3. The molecule has 0 spiro atoms. The quantitative estimate of drug-likeness (QED) is 0.716. The fourth-order valence-electron chi connectivity index (χ4n) is 2.84. The van der Waals surface area contributed by atoms with Gasteiger partial charge in [-0.25, -0.2) is 0 Å². The van der Waals surface area contributed by atoms with Gasteiger partial charge in [0.1, 0.15) is 6.04 Å². The van der Waals surface area contributed by atoms with Crippen LogP contribution >= 0.6 is 0 Å². The zero-order valence-corrected chi connectivity index (χ0v) is 15.7. The highest BCUT2D eigenvalue weighted by molar-refractivity contribution is 5.92. The first kappa shape index (κ1) is 19.7. The molecule has 0 aliphatic heterocycles. The third-order valence-corrected chi connectivity index (χ3v) is 4.44. The summed E-state index contributed by atoms with van der Waals surface area (Å²) in [5.41, 5.74) is 1.46. The van der Waals surface area contributed by atoms with E-state index in [0.717, 1.165) is 21.9 Å². The molecule has 0 aliphatic carbocycles. The van der Waals surface area contributed by atoms with Crippen LogP contribution in [0.5, 0.6) is 0 Å². The van der Waals surface area contributed by atoms with Crippen molar-refractivity contribution in [3.63, 3.8) is 0 Å². The van der Waals surface area contributed by atoms with Crippen molar-refractivity contribution in [2.24, 2.45) is 0 Å². The van der Waals surface area contributed by atoms with Gasteiger partial charge in [0.25, 0.3) is 0 Å². The lowest BCUT2D eigenvalue weighted by atomic mass is 10.1. The molecule has 0 bridgehead atoms. The first-order chi connectivity index (χ1) is 13.1. The average molecular weight is 391 g/mol. The number of anilines is 1. The van der Waals surface area contributed by atoms with E-state index < -0.39 is 23.8 Å². The van der Waals surface area contributed by atoms with Crippen LogP contribution in [-0.2, 0) is 17.5 Å². The molecule has 28 heavy (non-hydrogen) atoms. The van der Waals surface area contributed by atoms with E-state index in [-0.39, 0.29) is 5.69 Å². The molecule has 1 aromatic carbocycles. The van der Waals surface area contributed by atoms with Crippen LogP contribution in [0, 0.1) is 13.8 Å². The van der Waals surface area contributed by atoms with Crippen molar-refractivity contribution in [2.75, 3.05) is 5.32 Å². The number of rotatable bonds is 5. The van der Waals surface area contributed by atoms with Gasteiger partial charge in [0, 0.05) is 18.0 Å². The largest absolute Gasteiger partial charge is 0.435 e. The number of aromatic nitrogens is 4. The van der Waals surface area contributed by atoms with E-state index in [9.17, 15) is 18.0 Å².